The number of phenols is 2. The van der Waals surface area contributed by atoms with E-state index in [1.54, 1.807) is 30.3 Å². The molecule has 0 radical (unpaired) electrons. The molecule has 0 aliphatic heterocycles. The fraction of sp³-hybridized carbons (Fsp3) is 0. The van der Waals surface area contributed by atoms with Gasteiger partial charge in [-0.05, 0) is 29.4 Å². The van der Waals surface area contributed by atoms with Gasteiger partial charge >= 0.3 is 0 Å². The summed E-state index contributed by atoms with van der Waals surface area (Å²) in [5.74, 6) is -1.37. The highest BCUT2D eigenvalue weighted by Crippen LogP contribution is 2.37. The molecule has 7 heteroatoms. The molecule has 0 atom stereocenters. The number of carbonyl (C=O) groups is 1. The van der Waals surface area contributed by atoms with Crippen molar-refractivity contribution in [3.05, 3.63) is 58.5 Å². The number of rotatable bonds is 4. The molecule has 0 saturated heterocycles. The number of aromatic hydroxyl groups is 2. The van der Waals surface area contributed by atoms with Crippen LogP contribution in [0.2, 0.25) is 0 Å². The van der Waals surface area contributed by atoms with Crippen LogP contribution in [0.1, 0.15) is 15.9 Å². The van der Waals surface area contributed by atoms with Crippen LogP contribution in [-0.2, 0) is 0 Å². The summed E-state index contributed by atoms with van der Waals surface area (Å²) in [7, 11) is 0. The van der Waals surface area contributed by atoms with Crippen LogP contribution in [0, 0.1) is 4.91 Å². The third-order valence-electron chi connectivity index (χ3n) is 2.66. The van der Waals surface area contributed by atoms with Crippen LogP contribution in [0.15, 0.2) is 52.7 Å². The molecule has 21 heavy (non-hydrogen) atoms. The average Bonchev–Trinajstić information content (AvgIpc) is 2.51. The van der Waals surface area contributed by atoms with E-state index in [1.165, 1.54) is 12.1 Å². The number of nitrogens with zero attached hydrogens (tertiary/aromatic N) is 2. The van der Waals surface area contributed by atoms with Crippen LogP contribution in [0.25, 0.3) is 0 Å². The molecule has 0 aliphatic carbocycles. The van der Waals surface area contributed by atoms with Crippen LogP contribution in [0.3, 0.4) is 0 Å². The van der Waals surface area contributed by atoms with E-state index >= 15 is 0 Å². The number of amides is 1. The maximum atomic E-state index is 11.7. The van der Waals surface area contributed by atoms with E-state index in [9.17, 15) is 19.9 Å². The second kappa shape index (κ2) is 6.29. The fourth-order valence-corrected chi connectivity index (χ4v) is 1.59. The Hall–Kier alpha value is -3.22. The summed E-state index contributed by atoms with van der Waals surface area (Å²) in [4.78, 5) is 22.2. The quantitative estimate of drug-likeness (QED) is 0.454. The molecule has 0 spiro atoms. The molecule has 7 nitrogen and oxygen atoms in total. The van der Waals surface area contributed by atoms with Gasteiger partial charge in [0, 0.05) is 11.1 Å². The summed E-state index contributed by atoms with van der Waals surface area (Å²) in [6.45, 7) is 0. The molecule has 3 N–H and O–H groups in total. The number of nitrogens with one attached hydrogen (secondary N) is 1. The first kappa shape index (κ1) is 14.2. The Morgan fingerprint density at radius 3 is 2.48 bits per heavy atom. The largest absolute Gasteiger partial charge is 0.505 e. The van der Waals surface area contributed by atoms with Crippen molar-refractivity contribution in [1.29, 1.82) is 0 Å². The van der Waals surface area contributed by atoms with Crippen LogP contribution in [0.5, 0.6) is 11.5 Å². The van der Waals surface area contributed by atoms with E-state index in [0.717, 1.165) is 6.21 Å². The molecular weight excluding hydrogens is 274 g/mol. The van der Waals surface area contributed by atoms with Crippen LogP contribution < -0.4 is 5.43 Å². The maximum Gasteiger partial charge on any atom is 0.271 e. The lowest BCUT2D eigenvalue weighted by Crippen LogP contribution is -2.17. The van der Waals surface area contributed by atoms with Gasteiger partial charge in [0.15, 0.2) is 11.4 Å². The summed E-state index contributed by atoms with van der Waals surface area (Å²) in [6, 6.07) is 11.0. The third-order valence-corrected chi connectivity index (χ3v) is 2.66. The van der Waals surface area contributed by atoms with Gasteiger partial charge in [0.25, 0.3) is 5.91 Å². The van der Waals surface area contributed by atoms with E-state index in [4.69, 9.17) is 0 Å². The first-order chi connectivity index (χ1) is 10.1. The van der Waals surface area contributed by atoms with Crippen molar-refractivity contribution in [3.63, 3.8) is 0 Å². The maximum absolute atomic E-state index is 11.7. The number of hydrazone groups is 1. The van der Waals surface area contributed by atoms with Crippen LogP contribution in [0.4, 0.5) is 5.69 Å². The molecule has 106 valence electrons. The highest BCUT2D eigenvalue weighted by atomic mass is 16.3. The Labute approximate surface area is 119 Å². The zero-order valence-corrected chi connectivity index (χ0v) is 10.7. The Morgan fingerprint density at radius 2 is 1.81 bits per heavy atom. The van der Waals surface area contributed by atoms with Gasteiger partial charge in [0.1, 0.15) is 5.75 Å². The second-order valence-electron chi connectivity index (χ2n) is 4.03. The van der Waals surface area contributed by atoms with Crippen molar-refractivity contribution in [3.8, 4) is 11.5 Å². The Kier molecular flexibility index (Phi) is 4.25. The minimum Gasteiger partial charge on any atom is -0.505 e. The number of hydrogen-bond acceptors (Lipinski definition) is 6. The monoisotopic (exact) mass is 285 g/mol. The number of carbonyl (C=O) groups excluding carboxylic acids is 1. The average molecular weight is 285 g/mol. The predicted molar refractivity (Wildman–Crippen MR) is 76.7 cm³/mol. The normalized spacial score (nSPS) is 10.5. The minimum atomic E-state index is -0.511. The van der Waals surface area contributed by atoms with E-state index in [2.05, 4.69) is 15.7 Å². The number of nitroso groups, excluding NO2 is 1. The van der Waals surface area contributed by atoms with Gasteiger partial charge in [-0.1, -0.05) is 18.2 Å². The molecule has 0 fully saturated rings. The summed E-state index contributed by atoms with van der Waals surface area (Å²) in [5, 5.41) is 25.2. The molecule has 0 heterocycles. The lowest BCUT2D eigenvalue weighted by molar-refractivity contribution is 0.0955. The van der Waals surface area contributed by atoms with Gasteiger partial charge in [-0.2, -0.15) is 5.10 Å². The SMILES string of the molecule is O=Nc1c(O)ccc(/C=N/NC(=O)c2ccccc2)c1O. The Bertz CT molecular complexity index is 699. The first-order valence-corrected chi connectivity index (χ1v) is 5.90. The summed E-state index contributed by atoms with van der Waals surface area (Å²) < 4.78 is 0. The Morgan fingerprint density at radius 1 is 1.10 bits per heavy atom. The van der Waals surface area contributed by atoms with Crippen molar-refractivity contribution in [2.75, 3.05) is 0 Å². The Balaban J connectivity index is 2.12. The van der Waals surface area contributed by atoms with Gasteiger partial charge in [-0.25, -0.2) is 5.43 Å². The topological polar surface area (TPSA) is 111 Å². The summed E-state index contributed by atoms with van der Waals surface area (Å²) in [6.07, 6.45) is 1.14. The smallest absolute Gasteiger partial charge is 0.271 e. The number of phenolic OH excluding ortho intramolecular Hbond substituents is 2. The molecule has 0 unspecified atom stereocenters. The molecule has 1 amide bonds. The fourth-order valence-electron chi connectivity index (χ4n) is 1.59. The number of benzene rings is 2. The summed E-state index contributed by atoms with van der Waals surface area (Å²) >= 11 is 0. The van der Waals surface area contributed by atoms with Gasteiger partial charge in [-0.15, -0.1) is 4.91 Å². The van der Waals surface area contributed by atoms with Crippen LogP contribution in [-0.4, -0.2) is 22.3 Å². The van der Waals surface area contributed by atoms with Gasteiger partial charge in [0.05, 0.1) is 6.21 Å². The molecule has 2 aromatic rings. The second-order valence-corrected chi connectivity index (χ2v) is 4.03. The first-order valence-electron chi connectivity index (χ1n) is 5.90. The van der Waals surface area contributed by atoms with Gasteiger partial charge < -0.3 is 10.2 Å². The highest BCUT2D eigenvalue weighted by molar-refractivity contribution is 5.95. The molecular formula is C14H11N3O4. The lowest BCUT2D eigenvalue weighted by Gasteiger charge is -2.03. The zero-order valence-electron chi connectivity index (χ0n) is 10.7. The standard InChI is InChI=1S/C14H11N3O4/c18-11-7-6-10(13(19)12(11)17-21)8-15-16-14(20)9-4-2-1-3-5-9/h1-8,18-19H,(H,16,20)/b15-8+. The zero-order chi connectivity index (χ0) is 15.2. The lowest BCUT2D eigenvalue weighted by atomic mass is 10.2. The van der Waals surface area contributed by atoms with Gasteiger partial charge in [0.2, 0.25) is 0 Å². The molecule has 0 aromatic heterocycles. The van der Waals surface area contributed by atoms with Crippen molar-refractivity contribution in [2.45, 2.75) is 0 Å². The molecule has 2 aromatic carbocycles. The third kappa shape index (κ3) is 3.21. The molecule has 0 aliphatic rings. The summed E-state index contributed by atoms with van der Waals surface area (Å²) in [5.41, 5.74) is 2.36. The number of hydrogen-bond donors (Lipinski definition) is 3. The van der Waals surface area contributed by atoms with E-state index in [1.807, 2.05) is 0 Å². The molecule has 0 bridgehead atoms. The molecule has 0 saturated carbocycles. The van der Waals surface area contributed by atoms with E-state index < -0.39 is 23.1 Å². The van der Waals surface area contributed by atoms with Crippen molar-refractivity contribution < 1.29 is 15.0 Å². The van der Waals surface area contributed by atoms with Crippen molar-refractivity contribution >= 4 is 17.8 Å². The van der Waals surface area contributed by atoms with Gasteiger partial charge in [-0.3, -0.25) is 4.79 Å². The van der Waals surface area contributed by atoms with E-state index in [-0.39, 0.29) is 5.56 Å². The van der Waals surface area contributed by atoms with Crippen molar-refractivity contribution in [2.24, 2.45) is 10.3 Å². The molecule has 2 rings (SSSR count). The van der Waals surface area contributed by atoms with Crippen LogP contribution >= 0.6 is 0 Å². The highest BCUT2D eigenvalue weighted by Gasteiger charge is 2.11. The minimum absolute atomic E-state index is 0.135. The predicted octanol–water partition coefficient (Wildman–Crippen LogP) is 2.26. The van der Waals surface area contributed by atoms with E-state index in [0.29, 0.717) is 5.56 Å². The van der Waals surface area contributed by atoms with Crippen molar-refractivity contribution in [1.82, 2.24) is 5.43 Å².